The van der Waals surface area contributed by atoms with Gasteiger partial charge >= 0.3 is 12.3 Å². The lowest BCUT2D eigenvalue weighted by Crippen LogP contribution is -2.27. The van der Waals surface area contributed by atoms with Crippen molar-refractivity contribution in [3.05, 3.63) is 0 Å². The Bertz CT molecular complexity index is 202. The van der Waals surface area contributed by atoms with Gasteiger partial charge in [-0.15, -0.1) is 4.39 Å². The predicted molar refractivity (Wildman–Crippen MR) is 46.6 cm³/mol. The Hall–Kier alpha value is -0.980. The van der Waals surface area contributed by atoms with Crippen LogP contribution in [0.15, 0.2) is 0 Å². The van der Waals surface area contributed by atoms with E-state index >= 15 is 0 Å². The van der Waals surface area contributed by atoms with Gasteiger partial charge in [-0.25, -0.2) is 18.2 Å². The smallest absolute Gasteiger partial charge is 0.420 e. The molecule has 0 aliphatic carbocycles. The summed E-state index contributed by atoms with van der Waals surface area (Å²) in [5.74, 6) is 0. The Morgan fingerprint density at radius 1 is 1.38 bits per heavy atom. The molecule has 0 rings (SSSR count). The van der Waals surface area contributed by atoms with Crippen LogP contribution < -0.4 is 0 Å². The zero-order valence-corrected chi connectivity index (χ0v) is 8.43. The summed E-state index contributed by atoms with van der Waals surface area (Å²) in [4.78, 5) is 21.0. The minimum atomic E-state index is -1.62. The number of ether oxygens (including phenoxy) is 1. The topological polar surface area (TPSA) is 49.9 Å². The fourth-order valence-corrected chi connectivity index (χ4v) is 1.01. The minimum absolute atomic E-state index is 0.233. The summed E-state index contributed by atoms with van der Waals surface area (Å²) >= 11 is 0.623. The van der Waals surface area contributed by atoms with Crippen LogP contribution in [0, 0.1) is 0 Å². The molecule has 0 saturated carbocycles. The van der Waals surface area contributed by atoms with Crippen LogP contribution in [0.3, 0.4) is 0 Å². The van der Waals surface area contributed by atoms with Gasteiger partial charge < -0.3 is 4.74 Å². The average molecular weight is 210 g/mol. The van der Waals surface area contributed by atoms with Gasteiger partial charge in [0.25, 0.3) is 0 Å². The number of nitrogens with zero attached hydrogens (tertiary/aromatic N) is 2. The summed E-state index contributed by atoms with van der Waals surface area (Å²) in [6, 6.07) is 0. The highest BCUT2D eigenvalue weighted by atomic mass is 32.2. The van der Waals surface area contributed by atoms with Crippen LogP contribution >= 0.6 is 12.1 Å². The van der Waals surface area contributed by atoms with E-state index in [0.717, 1.165) is 4.31 Å². The van der Waals surface area contributed by atoms with Crippen LogP contribution in [0.5, 0.6) is 0 Å². The van der Waals surface area contributed by atoms with Gasteiger partial charge in [-0.3, -0.25) is 0 Å². The SMILES string of the molecule is CCOC(=O)N(C)SN(C)C(=O)F. The molecule has 0 unspecified atom stereocenters. The fourth-order valence-electron chi connectivity index (χ4n) is 0.464. The summed E-state index contributed by atoms with van der Waals surface area (Å²) in [7, 11) is 2.59. The number of carbonyl (C=O) groups is 2. The highest BCUT2D eigenvalue weighted by Crippen LogP contribution is 2.13. The van der Waals surface area contributed by atoms with Crippen molar-refractivity contribution in [3.8, 4) is 0 Å². The van der Waals surface area contributed by atoms with E-state index in [9.17, 15) is 14.0 Å². The zero-order chi connectivity index (χ0) is 10.4. The first-order valence-electron chi connectivity index (χ1n) is 3.50. The Kier molecular flexibility index (Phi) is 5.20. The van der Waals surface area contributed by atoms with Gasteiger partial charge in [-0.05, 0) is 6.92 Å². The van der Waals surface area contributed by atoms with E-state index in [2.05, 4.69) is 4.74 Å². The number of rotatable bonds is 3. The molecule has 0 radical (unpaired) electrons. The van der Waals surface area contributed by atoms with Crippen LogP contribution in [-0.4, -0.2) is 41.6 Å². The number of hydrogen-bond donors (Lipinski definition) is 0. The molecule has 0 aromatic rings. The number of hydrogen-bond acceptors (Lipinski definition) is 4. The summed E-state index contributed by atoms with van der Waals surface area (Å²) in [5, 5.41) is 0. The van der Waals surface area contributed by atoms with Crippen molar-refractivity contribution in [1.82, 2.24) is 8.61 Å². The Morgan fingerprint density at radius 2 is 1.92 bits per heavy atom. The van der Waals surface area contributed by atoms with Crippen molar-refractivity contribution in [2.75, 3.05) is 20.7 Å². The van der Waals surface area contributed by atoms with Gasteiger partial charge in [0.1, 0.15) is 0 Å². The molecule has 13 heavy (non-hydrogen) atoms. The monoisotopic (exact) mass is 210 g/mol. The summed E-state index contributed by atoms with van der Waals surface area (Å²) in [6.45, 7) is 1.89. The van der Waals surface area contributed by atoms with Crippen LogP contribution in [0.4, 0.5) is 14.0 Å². The van der Waals surface area contributed by atoms with Gasteiger partial charge in [0.05, 0.1) is 18.7 Å². The molecule has 0 N–H and O–H groups in total. The Labute approximate surface area is 80.1 Å². The Morgan fingerprint density at radius 3 is 2.31 bits per heavy atom. The van der Waals surface area contributed by atoms with Gasteiger partial charge in [-0.2, -0.15) is 0 Å². The van der Waals surface area contributed by atoms with Crippen LogP contribution in [0.2, 0.25) is 0 Å². The fraction of sp³-hybridized carbons (Fsp3) is 0.667. The maximum atomic E-state index is 12.0. The molecule has 0 bridgehead atoms. The van der Waals surface area contributed by atoms with E-state index in [4.69, 9.17) is 0 Å². The summed E-state index contributed by atoms with van der Waals surface area (Å²) < 4.78 is 18.3. The normalized spacial score (nSPS) is 9.23. The maximum Gasteiger partial charge on any atom is 0.420 e. The second-order valence-electron chi connectivity index (χ2n) is 2.03. The molecular weight excluding hydrogens is 199 g/mol. The number of carbonyl (C=O) groups excluding carboxylic acids is 2. The highest BCUT2D eigenvalue weighted by molar-refractivity contribution is 7.95. The number of halogens is 1. The minimum Gasteiger partial charge on any atom is -0.449 e. The lowest BCUT2D eigenvalue weighted by Gasteiger charge is -2.18. The maximum absolute atomic E-state index is 12.0. The molecule has 7 heteroatoms. The van der Waals surface area contributed by atoms with Crippen molar-refractivity contribution in [3.63, 3.8) is 0 Å². The quantitative estimate of drug-likeness (QED) is 0.404. The third kappa shape index (κ3) is 4.56. The zero-order valence-electron chi connectivity index (χ0n) is 7.61. The molecule has 0 aromatic carbocycles. The largest absolute Gasteiger partial charge is 0.449 e. The predicted octanol–water partition coefficient (Wildman–Crippen LogP) is 1.66. The molecular formula is C6H11FN2O3S. The van der Waals surface area contributed by atoms with Crippen LogP contribution in [0.25, 0.3) is 0 Å². The summed E-state index contributed by atoms with van der Waals surface area (Å²) in [6.07, 6.45) is -2.25. The first kappa shape index (κ1) is 12.0. The van der Waals surface area contributed by atoms with Crippen molar-refractivity contribution < 1.29 is 18.7 Å². The lowest BCUT2D eigenvalue weighted by atomic mass is 10.9. The van der Waals surface area contributed by atoms with Gasteiger partial charge in [0, 0.05) is 14.1 Å². The second-order valence-corrected chi connectivity index (χ2v) is 3.29. The first-order chi connectivity index (χ1) is 5.99. The highest BCUT2D eigenvalue weighted by Gasteiger charge is 2.16. The van der Waals surface area contributed by atoms with Gasteiger partial charge in [0.15, 0.2) is 0 Å². The number of amides is 2. The molecule has 0 atom stereocenters. The molecule has 0 saturated heterocycles. The van der Waals surface area contributed by atoms with E-state index in [1.165, 1.54) is 14.1 Å². The molecule has 5 nitrogen and oxygen atoms in total. The average Bonchev–Trinajstić information content (AvgIpc) is 2.04. The molecule has 0 heterocycles. The second kappa shape index (κ2) is 5.63. The van der Waals surface area contributed by atoms with E-state index in [1.807, 2.05) is 0 Å². The summed E-state index contributed by atoms with van der Waals surface area (Å²) in [5.41, 5.74) is 0. The van der Waals surface area contributed by atoms with Crippen molar-refractivity contribution in [2.45, 2.75) is 6.92 Å². The van der Waals surface area contributed by atoms with Crippen LogP contribution in [-0.2, 0) is 4.74 Å². The molecule has 0 aliphatic heterocycles. The first-order valence-corrected chi connectivity index (χ1v) is 4.23. The molecule has 76 valence electrons. The van der Waals surface area contributed by atoms with Crippen LogP contribution in [0.1, 0.15) is 6.92 Å². The molecule has 0 aliphatic rings. The van der Waals surface area contributed by atoms with Gasteiger partial charge in [-0.1, -0.05) is 0 Å². The standard InChI is InChI=1S/C6H11FN2O3S/c1-4-12-6(11)9(3)13-8(2)5(7)10/h4H2,1-3H3. The molecule has 0 fully saturated rings. The molecule has 2 amide bonds. The van der Waals surface area contributed by atoms with E-state index in [-0.39, 0.29) is 6.61 Å². The van der Waals surface area contributed by atoms with Crippen molar-refractivity contribution in [2.24, 2.45) is 0 Å². The molecule has 0 aromatic heterocycles. The lowest BCUT2D eigenvalue weighted by molar-refractivity contribution is 0.138. The van der Waals surface area contributed by atoms with Gasteiger partial charge in [0.2, 0.25) is 0 Å². The van der Waals surface area contributed by atoms with E-state index in [0.29, 0.717) is 16.4 Å². The van der Waals surface area contributed by atoms with E-state index < -0.39 is 12.3 Å². The third-order valence-electron chi connectivity index (χ3n) is 1.02. The molecule has 0 spiro atoms. The van der Waals surface area contributed by atoms with E-state index in [1.54, 1.807) is 6.92 Å². The Balaban J connectivity index is 3.92. The van der Waals surface area contributed by atoms with Crippen molar-refractivity contribution >= 4 is 24.4 Å². The third-order valence-corrected chi connectivity index (χ3v) is 1.80. The van der Waals surface area contributed by atoms with Crippen molar-refractivity contribution in [1.29, 1.82) is 0 Å².